The van der Waals surface area contributed by atoms with Crippen molar-refractivity contribution in [3.05, 3.63) is 35.4 Å². The quantitative estimate of drug-likeness (QED) is 0.772. The van der Waals surface area contributed by atoms with E-state index in [1.54, 1.807) is 0 Å². The monoisotopic (exact) mass is 291 g/mol. The topological polar surface area (TPSA) is 58.4 Å². The lowest BCUT2D eigenvalue weighted by Crippen LogP contribution is -2.44. The van der Waals surface area contributed by atoms with E-state index in [0.717, 1.165) is 18.4 Å². The molecule has 0 spiro atoms. The molecule has 0 radical (unpaired) electrons. The Balaban J connectivity index is 2.64. The zero-order valence-corrected chi connectivity index (χ0v) is 13.7. The second-order valence-corrected chi connectivity index (χ2v) is 5.72. The van der Waals surface area contributed by atoms with Crippen LogP contribution in [0.4, 0.5) is 0 Å². The Morgan fingerprint density at radius 2 is 1.76 bits per heavy atom. The predicted molar refractivity (Wildman–Crippen MR) is 88.2 cm³/mol. The van der Waals surface area contributed by atoms with Crippen molar-refractivity contribution in [3.8, 4) is 0 Å². The fraction of sp³-hybridized carbons (Fsp3) is 0.588. The summed E-state index contributed by atoms with van der Waals surface area (Å²) in [6, 6.07) is 7.84. The molecule has 1 amide bonds. The molecule has 0 bridgehead atoms. The number of hydrogen-bond acceptors (Lipinski definition) is 3. The van der Waals surface area contributed by atoms with Gasteiger partial charge < -0.3 is 16.0 Å². The molecule has 0 saturated heterocycles. The molecule has 0 aliphatic heterocycles. The summed E-state index contributed by atoms with van der Waals surface area (Å²) >= 11 is 0. The zero-order valence-electron chi connectivity index (χ0n) is 13.7. The summed E-state index contributed by atoms with van der Waals surface area (Å²) < 4.78 is 0. The zero-order chi connectivity index (χ0) is 15.8. The molecule has 0 saturated carbocycles. The average Bonchev–Trinajstić information content (AvgIpc) is 2.50. The fourth-order valence-corrected chi connectivity index (χ4v) is 2.70. The number of carbonyl (C=O) groups is 1. The van der Waals surface area contributed by atoms with E-state index >= 15 is 0 Å². The van der Waals surface area contributed by atoms with E-state index in [2.05, 4.69) is 38.2 Å². The Labute approximate surface area is 128 Å². The molecule has 4 heteroatoms. The molecule has 21 heavy (non-hydrogen) atoms. The molecule has 0 aliphatic rings. The summed E-state index contributed by atoms with van der Waals surface area (Å²) in [4.78, 5) is 14.4. The molecule has 1 aromatic carbocycles. The Hall–Kier alpha value is -1.39. The maximum Gasteiger partial charge on any atom is 0.251 e. The molecule has 0 fully saturated rings. The number of hydrogen-bond donors (Lipinski definition) is 2. The van der Waals surface area contributed by atoms with Crippen molar-refractivity contribution < 1.29 is 4.79 Å². The number of amides is 1. The number of carbonyl (C=O) groups excluding carboxylic acids is 1. The van der Waals surface area contributed by atoms with Crippen molar-refractivity contribution in [2.45, 2.75) is 39.3 Å². The average molecular weight is 291 g/mol. The summed E-state index contributed by atoms with van der Waals surface area (Å²) in [5, 5.41) is 3.06. The molecule has 1 atom stereocenters. The van der Waals surface area contributed by atoms with Gasteiger partial charge in [-0.15, -0.1) is 0 Å². The minimum Gasteiger partial charge on any atom is -0.350 e. The van der Waals surface area contributed by atoms with Gasteiger partial charge in [-0.2, -0.15) is 0 Å². The van der Waals surface area contributed by atoms with Gasteiger partial charge in [-0.05, 0) is 37.7 Å². The maximum atomic E-state index is 12.2. The Morgan fingerprint density at radius 1 is 1.19 bits per heavy atom. The van der Waals surface area contributed by atoms with Crippen LogP contribution >= 0.6 is 0 Å². The third-order valence-electron chi connectivity index (χ3n) is 4.18. The smallest absolute Gasteiger partial charge is 0.251 e. The van der Waals surface area contributed by atoms with Crippen LogP contribution < -0.4 is 11.1 Å². The van der Waals surface area contributed by atoms with E-state index in [0.29, 0.717) is 30.6 Å². The standard InChI is InChI=1S/C17H29N3O/c1-5-14(6-2)16(20(3)4)12-19-17(21)15-9-7-13(11-18)8-10-15/h7-10,14,16H,5-6,11-12,18H2,1-4H3,(H,19,21). The lowest BCUT2D eigenvalue weighted by atomic mass is 9.93. The minimum absolute atomic E-state index is 0.0172. The van der Waals surface area contributed by atoms with E-state index < -0.39 is 0 Å². The lowest BCUT2D eigenvalue weighted by molar-refractivity contribution is 0.0929. The minimum atomic E-state index is -0.0172. The molecule has 0 aliphatic carbocycles. The second-order valence-electron chi connectivity index (χ2n) is 5.72. The van der Waals surface area contributed by atoms with Crippen molar-refractivity contribution in [3.63, 3.8) is 0 Å². The summed E-state index contributed by atoms with van der Waals surface area (Å²) in [5.41, 5.74) is 7.29. The van der Waals surface area contributed by atoms with Crippen LogP contribution in [-0.4, -0.2) is 37.5 Å². The van der Waals surface area contributed by atoms with Crippen LogP contribution in [-0.2, 0) is 6.54 Å². The third kappa shape index (κ3) is 5.14. The second kappa shape index (κ2) is 8.80. The molecule has 118 valence electrons. The molecular weight excluding hydrogens is 262 g/mol. The van der Waals surface area contributed by atoms with Crippen LogP contribution in [0.1, 0.15) is 42.6 Å². The summed E-state index contributed by atoms with van der Waals surface area (Å²) in [5.74, 6) is 0.580. The van der Waals surface area contributed by atoms with E-state index in [-0.39, 0.29) is 5.91 Å². The summed E-state index contributed by atoms with van der Waals surface area (Å²) in [7, 11) is 4.15. The first-order valence-corrected chi connectivity index (χ1v) is 7.77. The number of nitrogens with zero attached hydrogens (tertiary/aromatic N) is 1. The van der Waals surface area contributed by atoms with Crippen LogP contribution in [0.5, 0.6) is 0 Å². The highest BCUT2D eigenvalue weighted by molar-refractivity contribution is 5.94. The molecule has 3 N–H and O–H groups in total. The van der Waals surface area contributed by atoms with Gasteiger partial charge in [0.1, 0.15) is 0 Å². The van der Waals surface area contributed by atoms with Crippen molar-refractivity contribution in [2.75, 3.05) is 20.6 Å². The molecule has 1 rings (SSSR count). The Bertz CT molecular complexity index is 424. The van der Waals surface area contributed by atoms with Gasteiger partial charge in [0.2, 0.25) is 0 Å². The molecule has 0 aromatic heterocycles. The van der Waals surface area contributed by atoms with Crippen LogP contribution in [0.2, 0.25) is 0 Å². The highest BCUT2D eigenvalue weighted by Gasteiger charge is 2.21. The fourth-order valence-electron chi connectivity index (χ4n) is 2.70. The van der Waals surface area contributed by atoms with Crippen molar-refractivity contribution in [2.24, 2.45) is 11.7 Å². The number of nitrogens with one attached hydrogen (secondary N) is 1. The van der Waals surface area contributed by atoms with Crippen molar-refractivity contribution in [1.29, 1.82) is 0 Å². The molecular formula is C17H29N3O. The number of benzene rings is 1. The van der Waals surface area contributed by atoms with Gasteiger partial charge in [-0.3, -0.25) is 4.79 Å². The highest BCUT2D eigenvalue weighted by atomic mass is 16.1. The third-order valence-corrected chi connectivity index (χ3v) is 4.18. The number of likely N-dealkylation sites (N-methyl/N-ethyl adjacent to an activating group) is 1. The van der Waals surface area contributed by atoms with Gasteiger partial charge in [0, 0.05) is 24.7 Å². The molecule has 1 unspecified atom stereocenters. The van der Waals surface area contributed by atoms with Gasteiger partial charge >= 0.3 is 0 Å². The molecule has 0 heterocycles. The first-order valence-electron chi connectivity index (χ1n) is 7.77. The van der Waals surface area contributed by atoms with E-state index in [1.165, 1.54) is 0 Å². The predicted octanol–water partition coefficient (Wildman–Crippen LogP) is 2.24. The van der Waals surface area contributed by atoms with E-state index in [4.69, 9.17) is 5.73 Å². The van der Waals surface area contributed by atoms with Gasteiger partial charge in [0.25, 0.3) is 5.91 Å². The van der Waals surface area contributed by atoms with E-state index in [1.807, 2.05) is 24.3 Å². The molecule has 4 nitrogen and oxygen atoms in total. The van der Waals surface area contributed by atoms with Crippen LogP contribution in [0, 0.1) is 5.92 Å². The Kier molecular flexibility index (Phi) is 7.40. The first-order chi connectivity index (χ1) is 10.0. The Morgan fingerprint density at radius 3 is 2.19 bits per heavy atom. The van der Waals surface area contributed by atoms with Crippen molar-refractivity contribution in [1.82, 2.24) is 10.2 Å². The number of rotatable bonds is 8. The van der Waals surface area contributed by atoms with Gasteiger partial charge in [-0.1, -0.05) is 38.8 Å². The SMILES string of the molecule is CCC(CC)C(CNC(=O)c1ccc(CN)cc1)N(C)C. The number of nitrogens with two attached hydrogens (primary N) is 1. The maximum absolute atomic E-state index is 12.2. The highest BCUT2D eigenvalue weighted by Crippen LogP contribution is 2.16. The largest absolute Gasteiger partial charge is 0.350 e. The lowest BCUT2D eigenvalue weighted by Gasteiger charge is -2.31. The van der Waals surface area contributed by atoms with Crippen LogP contribution in [0.25, 0.3) is 0 Å². The van der Waals surface area contributed by atoms with E-state index in [9.17, 15) is 4.79 Å². The van der Waals surface area contributed by atoms with Crippen LogP contribution in [0.3, 0.4) is 0 Å². The first kappa shape index (κ1) is 17.7. The van der Waals surface area contributed by atoms with Gasteiger partial charge in [0.05, 0.1) is 0 Å². The summed E-state index contributed by atoms with van der Waals surface area (Å²) in [6.45, 7) is 5.59. The van der Waals surface area contributed by atoms with Crippen LogP contribution in [0.15, 0.2) is 24.3 Å². The van der Waals surface area contributed by atoms with Gasteiger partial charge in [0.15, 0.2) is 0 Å². The van der Waals surface area contributed by atoms with Gasteiger partial charge in [-0.25, -0.2) is 0 Å². The van der Waals surface area contributed by atoms with Crippen molar-refractivity contribution >= 4 is 5.91 Å². The molecule has 1 aromatic rings. The summed E-state index contributed by atoms with van der Waals surface area (Å²) in [6.07, 6.45) is 2.25. The normalized spacial score (nSPS) is 12.7.